The highest BCUT2D eigenvalue weighted by Crippen LogP contribution is 2.25. The van der Waals surface area contributed by atoms with Gasteiger partial charge < -0.3 is 0 Å². The van der Waals surface area contributed by atoms with Crippen LogP contribution in [0.1, 0.15) is 12.8 Å². The summed E-state index contributed by atoms with van der Waals surface area (Å²) in [5, 5.41) is 0.212. The Hall–Kier alpha value is -0.910. The van der Waals surface area contributed by atoms with Crippen molar-refractivity contribution in [2.24, 2.45) is 0 Å². The zero-order chi connectivity index (χ0) is 12.5. The molecule has 2 rings (SSSR count). The zero-order valence-electron chi connectivity index (χ0n) is 9.10. The number of piperidine rings is 1. The minimum absolute atomic E-state index is 0.107. The van der Waals surface area contributed by atoms with E-state index in [2.05, 4.69) is 0 Å². The summed E-state index contributed by atoms with van der Waals surface area (Å²) in [6.45, 7) is 0.485. The maximum atomic E-state index is 12.2. The lowest BCUT2D eigenvalue weighted by Crippen LogP contribution is -2.38. The quantitative estimate of drug-likeness (QED) is 0.824. The van der Waals surface area contributed by atoms with Gasteiger partial charge in [0.1, 0.15) is 10.7 Å². The van der Waals surface area contributed by atoms with Gasteiger partial charge in [-0.25, -0.2) is 8.42 Å². The summed E-state index contributed by atoms with van der Waals surface area (Å²) < 4.78 is 25.8. The van der Waals surface area contributed by atoms with Crippen LogP contribution in [0, 0.1) is 0 Å². The fraction of sp³-hybridized carbons (Fsp3) is 0.364. The Bertz CT molecular complexity index is 531. The van der Waals surface area contributed by atoms with Crippen LogP contribution in [-0.4, -0.2) is 31.6 Å². The number of Topliss-reactive ketones (excluding diaryl/α,β-unsaturated/α-hetero) is 1. The smallest absolute Gasteiger partial charge is 0.244 e. The van der Waals surface area contributed by atoms with Gasteiger partial charge in [0.25, 0.3) is 0 Å². The van der Waals surface area contributed by atoms with Crippen LogP contribution in [0.5, 0.6) is 0 Å². The number of benzene rings is 1. The van der Waals surface area contributed by atoms with Gasteiger partial charge in [-0.1, -0.05) is 23.7 Å². The van der Waals surface area contributed by atoms with E-state index in [1.807, 2.05) is 0 Å². The van der Waals surface area contributed by atoms with E-state index in [1.165, 1.54) is 10.4 Å². The second-order valence-corrected chi connectivity index (χ2v) is 6.19. The molecular weight excluding hydrogens is 262 g/mol. The molecule has 0 N–H and O–H groups in total. The number of sulfonamides is 1. The molecule has 0 atom stereocenters. The molecule has 4 nitrogen and oxygen atoms in total. The van der Waals surface area contributed by atoms with Crippen LogP contribution >= 0.6 is 11.6 Å². The molecule has 0 aromatic heterocycles. The first-order valence-corrected chi connectivity index (χ1v) is 7.10. The van der Waals surface area contributed by atoms with Crippen molar-refractivity contribution in [2.45, 2.75) is 17.7 Å². The Morgan fingerprint density at radius 1 is 1.12 bits per heavy atom. The third-order valence-electron chi connectivity index (χ3n) is 2.73. The first kappa shape index (κ1) is 12.5. The fourth-order valence-corrected chi connectivity index (χ4v) is 3.70. The van der Waals surface area contributed by atoms with Crippen molar-refractivity contribution in [2.75, 3.05) is 13.1 Å². The first-order chi connectivity index (χ1) is 8.01. The van der Waals surface area contributed by atoms with E-state index in [1.54, 1.807) is 18.2 Å². The Morgan fingerprint density at radius 3 is 2.29 bits per heavy atom. The highest BCUT2D eigenvalue weighted by atomic mass is 35.5. The minimum Gasteiger partial charge on any atom is -0.300 e. The van der Waals surface area contributed by atoms with Crippen LogP contribution in [0.3, 0.4) is 0 Å². The van der Waals surface area contributed by atoms with Crippen LogP contribution in [0.2, 0.25) is 5.02 Å². The molecule has 1 aromatic rings. The zero-order valence-corrected chi connectivity index (χ0v) is 10.7. The molecule has 1 aliphatic rings. The second-order valence-electron chi connectivity index (χ2n) is 3.87. The normalized spacial score (nSPS) is 18.3. The van der Waals surface area contributed by atoms with E-state index in [-0.39, 0.29) is 41.6 Å². The van der Waals surface area contributed by atoms with Crippen molar-refractivity contribution in [1.29, 1.82) is 0 Å². The summed E-state index contributed by atoms with van der Waals surface area (Å²) in [6.07, 6.45) is 0.563. The molecule has 17 heavy (non-hydrogen) atoms. The Labute approximate surface area is 105 Å². The third kappa shape index (κ3) is 2.51. The van der Waals surface area contributed by atoms with Gasteiger partial charge in [-0.15, -0.1) is 0 Å². The lowest BCUT2D eigenvalue weighted by atomic mass is 10.1. The molecule has 0 unspecified atom stereocenters. The Kier molecular flexibility index (Phi) is 3.51. The topological polar surface area (TPSA) is 54.5 Å². The van der Waals surface area contributed by atoms with Crippen LogP contribution in [-0.2, 0) is 14.8 Å². The molecule has 0 aliphatic carbocycles. The average molecular weight is 274 g/mol. The molecule has 1 heterocycles. The molecule has 1 aromatic carbocycles. The van der Waals surface area contributed by atoms with Gasteiger partial charge in [-0.2, -0.15) is 4.31 Å². The molecule has 0 spiro atoms. The van der Waals surface area contributed by atoms with Gasteiger partial charge in [0, 0.05) is 25.9 Å². The first-order valence-electron chi connectivity index (χ1n) is 5.28. The van der Waals surface area contributed by atoms with Crippen LogP contribution in [0.25, 0.3) is 0 Å². The minimum atomic E-state index is -3.57. The van der Waals surface area contributed by atoms with E-state index in [0.29, 0.717) is 0 Å². The predicted molar refractivity (Wildman–Crippen MR) is 64.5 cm³/mol. The number of carbonyl (C=O) groups excluding carboxylic acids is 1. The predicted octanol–water partition coefficient (Wildman–Crippen LogP) is 1.69. The molecule has 0 bridgehead atoms. The summed E-state index contributed by atoms with van der Waals surface area (Å²) in [5.41, 5.74) is 0. The van der Waals surface area contributed by atoms with E-state index >= 15 is 0 Å². The number of hydrogen-bond donors (Lipinski definition) is 0. The summed E-state index contributed by atoms with van der Waals surface area (Å²) >= 11 is 5.88. The molecule has 92 valence electrons. The molecule has 6 heteroatoms. The SMILES string of the molecule is O=C1CCN(S(=O)(=O)c2ccccc2Cl)CC1. The van der Waals surface area contributed by atoms with E-state index in [0.717, 1.165) is 0 Å². The summed E-state index contributed by atoms with van der Waals surface area (Å²) in [7, 11) is -3.57. The molecule has 0 amide bonds. The van der Waals surface area contributed by atoms with E-state index in [4.69, 9.17) is 11.6 Å². The van der Waals surface area contributed by atoms with E-state index in [9.17, 15) is 13.2 Å². The van der Waals surface area contributed by atoms with Gasteiger partial charge in [0.2, 0.25) is 10.0 Å². The van der Waals surface area contributed by atoms with Crippen molar-refractivity contribution >= 4 is 27.4 Å². The van der Waals surface area contributed by atoms with Gasteiger partial charge in [0.15, 0.2) is 0 Å². The molecule has 1 aliphatic heterocycles. The van der Waals surface area contributed by atoms with Crippen molar-refractivity contribution < 1.29 is 13.2 Å². The molecule has 1 fully saturated rings. The number of ketones is 1. The van der Waals surface area contributed by atoms with Gasteiger partial charge in [-0.05, 0) is 12.1 Å². The molecule has 0 radical (unpaired) electrons. The lowest BCUT2D eigenvalue weighted by molar-refractivity contribution is -0.120. The second kappa shape index (κ2) is 4.76. The maximum absolute atomic E-state index is 12.2. The van der Waals surface area contributed by atoms with Crippen molar-refractivity contribution in [3.8, 4) is 0 Å². The van der Waals surface area contributed by atoms with Crippen LogP contribution in [0.4, 0.5) is 0 Å². The molecular formula is C11H12ClNO3S. The summed E-state index contributed by atoms with van der Waals surface area (Å²) in [5.74, 6) is 0.107. The monoisotopic (exact) mass is 273 g/mol. The van der Waals surface area contributed by atoms with Gasteiger partial charge >= 0.3 is 0 Å². The molecule has 1 saturated heterocycles. The van der Waals surface area contributed by atoms with Gasteiger partial charge in [-0.3, -0.25) is 4.79 Å². The van der Waals surface area contributed by atoms with Gasteiger partial charge in [0.05, 0.1) is 5.02 Å². The van der Waals surface area contributed by atoms with Crippen LogP contribution < -0.4 is 0 Å². The fourth-order valence-electron chi connectivity index (χ4n) is 1.77. The third-order valence-corrected chi connectivity index (χ3v) is 5.13. The number of hydrogen-bond acceptors (Lipinski definition) is 3. The number of nitrogens with zero attached hydrogens (tertiary/aromatic N) is 1. The standard InChI is InChI=1S/C11H12ClNO3S/c12-10-3-1-2-4-11(10)17(15,16)13-7-5-9(14)6-8-13/h1-4H,5-8H2. The number of carbonyl (C=O) groups is 1. The lowest BCUT2D eigenvalue weighted by Gasteiger charge is -2.25. The van der Waals surface area contributed by atoms with Crippen LogP contribution in [0.15, 0.2) is 29.2 Å². The highest BCUT2D eigenvalue weighted by molar-refractivity contribution is 7.89. The number of halogens is 1. The highest BCUT2D eigenvalue weighted by Gasteiger charge is 2.29. The average Bonchev–Trinajstić information content (AvgIpc) is 2.30. The molecule has 0 saturated carbocycles. The Morgan fingerprint density at radius 2 is 1.71 bits per heavy atom. The maximum Gasteiger partial charge on any atom is 0.244 e. The van der Waals surface area contributed by atoms with Crippen molar-refractivity contribution in [3.63, 3.8) is 0 Å². The largest absolute Gasteiger partial charge is 0.300 e. The van der Waals surface area contributed by atoms with Crippen molar-refractivity contribution in [3.05, 3.63) is 29.3 Å². The Balaban J connectivity index is 2.31. The van der Waals surface area contributed by atoms with E-state index < -0.39 is 10.0 Å². The van der Waals surface area contributed by atoms with Crippen molar-refractivity contribution in [1.82, 2.24) is 4.31 Å². The number of rotatable bonds is 2. The summed E-state index contributed by atoms with van der Waals surface area (Å²) in [6, 6.07) is 6.34. The summed E-state index contributed by atoms with van der Waals surface area (Å²) in [4.78, 5) is 11.2.